The van der Waals surface area contributed by atoms with Gasteiger partial charge in [0.25, 0.3) is 0 Å². The Kier molecular flexibility index (Phi) is 7.62. The smallest absolute Gasteiger partial charge is 0.246 e. The summed E-state index contributed by atoms with van der Waals surface area (Å²) in [6, 6.07) is 9.35. The summed E-state index contributed by atoms with van der Waals surface area (Å²) in [4.78, 5) is 28.4. The molecule has 0 bridgehead atoms. The van der Waals surface area contributed by atoms with E-state index >= 15 is 0 Å². The van der Waals surface area contributed by atoms with E-state index in [1.165, 1.54) is 0 Å². The highest BCUT2D eigenvalue weighted by atomic mass is 16.5. The number of carbonyl (C=O) groups excluding carboxylic acids is 2. The Labute approximate surface area is 176 Å². The number of hydrogen-bond donors (Lipinski definition) is 1. The van der Waals surface area contributed by atoms with Gasteiger partial charge in [0.2, 0.25) is 11.8 Å². The number of aryl methyl sites for hydroxylation is 1. The molecule has 0 radical (unpaired) electrons. The van der Waals surface area contributed by atoms with Gasteiger partial charge in [0.15, 0.2) is 5.82 Å². The van der Waals surface area contributed by atoms with E-state index in [2.05, 4.69) is 17.4 Å². The Balaban J connectivity index is 1.41. The summed E-state index contributed by atoms with van der Waals surface area (Å²) < 4.78 is 10.5. The molecule has 160 valence electrons. The van der Waals surface area contributed by atoms with Crippen LogP contribution in [0.2, 0.25) is 0 Å². The van der Waals surface area contributed by atoms with Crippen LogP contribution in [0.3, 0.4) is 0 Å². The highest BCUT2D eigenvalue weighted by molar-refractivity contribution is 5.92. The lowest BCUT2D eigenvalue weighted by Gasteiger charge is -2.33. The zero-order valence-electron chi connectivity index (χ0n) is 17.5. The lowest BCUT2D eigenvalue weighted by molar-refractivity contribution is -0.127. The molecule has 1 saturated heterocycles. The quantitative estimate of drug-likeness (QED) is 0.671. The molecule has 2 heterocycles. The van der Waals surface area contributed by atoms with Gasteiger partial charge in [0.1, 0.15) is 11.5 Å². The van der Waals surface area contributed by atoms with Crippen LogP contribution in [-0.2, 0) is 9.59 Å². The summed E-state index contributed by atoms with van der Waals surface area (Å²) in [6.45, 7) is 7.26. The van der Waals surface area contributed by atoms with Crippen molar-refractivity contribution >= 4 is 23.7 Å². The number of nitrogens with zero attached hydrogens (tertiary/aromatic N) is 3. The second kappa shape index (κ2) is 10.6. The van der Waals surface area contributed by atoms with E-state index in [-0.39, 0.29) is 18.4 Å². The average Bonchev–Trinajstić information content (AvgIpc) is 3.16. The van der Waals surface area contributed by atoms with Crippen LogP contribution >= 0.6 is 0 Å². The molecule has 1 fully saturated rings. The van der Waals surface area contributed by atoms with Crippen LogP contribution in [-0.4, -0.2) is 66.1 Å². The van der Waals surface area contributed by atoms with Crippen molar-refractivity contribution in [1.29, 1.82) is 0 Å². The van der Waals surface area contributed by atoms with E-state index in [9.17, 15) is 9.59 Å². The van der Waals surface area contributed by atoms with Crippen molar-refractivity contribution in [3.05, 3.63) is 47.7 Å². The number of anilines is 1. The molecular weight excluding hydrogens is 384 g/mol. The number of benzene rings is 1. The zero-order valence-corrected chi connectivity index (χ0v) is 17.5. The molecule has 2 aromatic rings. The van der Waals surface area contributed by atoms with E-state index in [1.807, 2.05) is 35.2 Å². The van der Waals surface area contributed by atoms with Gasteiger partial charge in [0, 0.05) is 38.3 Å². The van der Waals surface area contributed by atoms with Crippen molar-refractivity contribution in [1.82, 2.24) is 15.0 Å². The first-order valence-corrected chi connectivity index (χ1v) is 10.2. The predicted molar refractivity (Wildman–Crippen MR) is 114 cm³/mol. The SMILES string of the molecule is CCCOc1ccc(/C=C/C(=O)N2CCN(CC(=O)Nc3cc(C)on3)CC2)cc1. The fourth-order valence-corrected chi connectivity index (χ4v) is 3.11. The summed E-state index contributed by atoms with van der Waals surface area (Å²) >= 11 is 0. The van der Waals surface area contributed by atoms with Crippen molar-refractivity contribution in [2.24, 2.45) is 0 Å². The Morgan fingerprint density at radius 2 is 1.93 bits per heavy atom. The lowest BCUT2D eigenvalue weighted by atomic mass is 10.2. The summed E-state index contributed by atoms with van der Waals surface area (Å²) in [5.41, 5.74) is 0.950. The number of amides is 2. The van der Waals surface area contributed by atoms with Gasteiger partial charge in [-0.15, -0.1) is 0 Å². The number of carbonyl (C=O) groups is 2. The minimum absolute atomic E-state index is 0.0246. The topological polar surface area (TPSA) is 87.9 Å². The molecule has 1 aromatic carbocycles. The van der Waals surface area contributed by atoms with Gasteiger partial charge in [0.05, 0.1) is 13.2 Å². The summed E-state index contributed by atoms with van der Waals surface area (Å²) in [5, 5.41) is 6.47. The fourth-order valence-electron chi connectivity index (χ4n) is 3.11. The Bertz CT molecular complexity index is 868. The van der Waals surface area contributed by atoms with Crippen molar-refractivity contribution < 1.29 is 18.8 Å². The molecule has 0 saturated carbocycles. The maximum atomic E-state index is 12.5. The van der Waals surface area contributed by atoms with E-state index in [0.717, 1.165) is 17.7 Å². The largest absolute Gasteiger partial charge is 0.494 e. The third-order valence-corrected chi connectivity index (χ3v) is 4.72. The number of piperazine rings is 1. The molecule has 0 spiro atoms. The maximum absolute atomic E-state index is 12.5. The molecule has 3 rings (SSSR count). The number of aromatic nitrogens is 1. The third-order valence-electron chi connectivity index (χ3n) is 4.72. The maximum Gasteiger partial charge on any atom is 0.246 e. The van der Waals surface area contributed by atoms with Gasteiger partial charge in [-0.25, -0.2) is 0 Å². The van der Waals surface area contributed by atoms with Gasteiger partial charge in [-0.2, -0.15) is 0 Å². The van der Waals surface area contributed by atoms with E-state index in [1.54, 1.807) is 24.0 Å². The summed E-state index contributed by atoms with van der Waals surface area (Å²) in [6.07, 6.45) is 4.37. The first-order chi connectivity index (χ1) is 14.5. The third kappa shape index (κ3) is 6.45. The van der Waals surface area contributed by atoms with Crippen molar-refractivity contribution in [2.75, 3.05) is 44.6 Å². The minimum atomic E-state index is -0.144. The number of hydrogen-bond acceptors (Lipinski definition) is 6. The molecular formula is C22H28N4O4. The van der Waals surface area contributed by atoms with Crippen LogP contribution in [0.15, 0.2) is 40.9 Å². The molecule has 2 amide bonds. The Morgan fingerprint density at radius 1 is 1.20 bits per heavy atom. The number of nitrogens with one attached hydrogen (secondary N) is 1. The molecule has 1 N–H and O–H groups in total. The van der Waals surface area contributed by atoms with Gasteiger partial charge in [-0.1, -0.05) is 24.2 Å². The van der Waals surface area contributed by atoms with Gasteiger partial charge >= 0.3 is 0 Å². The van der Waals surface area contributed by atoms with Crippen LogP contribution in [0, 0.1) is 6.92 Å². The molecule has 0 atom stereocenters. The minimum Gasteiger partial charge on any atom is -0.494 e. The molecule has 30 heavy (non-hydrogen) atoms. The van der Waals surface area contributed by atoms with Gasteiger partial charge < -0.3 is 19.5 Å². The molecule has 1 aromatic heterocycles. The van der Waals surface area contributed by atoms with Crippen LogP contribution in [0.4, 0.5) is 5.82 Å². The zero-order chi connectivity index (χ0) is 21.3. The molecule has 8 heteroatoms. The number of rotatable bonds is 8. The highest BCUT2D eigenvalue weighted by Gasteiger charge is 2.21. The van der Waals surface area contributed by atoms with Crippen LogP contribution in [0.5, 0.6) is 5.75 Å². The number of ether oxygens (including phenoxy) is 1. The first kappa shape index (κ1) is 21.6. The highest BCUT2D eigenvalue weighted by Crippen LogP contribution is 2.14. The van der Waals surface area contributed by atoms with Gasteiger partial charge in [-0.05, 0) is 37.1 Å². The molecule has 1 aliphatic rings. The van der Waals surface area contributed by atoms with Crippen LogP contribution in [0.25, 0.3) is 6.08 Å². The first-order valence-electron chi connectivity index (χ1n) is 10.2. The van der Waals surface area contributed by atoms with Crippen LogP contribution in [0.1, 0.15) is 24.7 Å². The summed E-state index contributed by atoms with van der Waals surface area (Å²) in [5.74, 6) is 1.73. The average molecular weight is 412 g/mol. The second-order valence-electron chi connectivity index (χ2n) is 7.22. The van der Waals surface area contributed by atoms with Crippen molar-refractivity contribution in [3.8, 4) is 5.75 Å². The molecule has 1 aliphatic heterocycles. The van der Waals surface area contributed by atoms with Crippen LogP contribution < -0.4 is 10.1 Å². The van der Waals surface area contributed by atoms with E-state index in [4.69, 9.17) is 9.26 Å². The van der Waals surface area contributed by atoms with E-state index in [0.29, 0.717) is 44.4 Å². The second-order valence-corrected chi connectivity index (χ2v) is 7.22. The molecule has 8 nitrogen and oxygen atoms in total. The molecule has 0 unspecified atom stereocenters. The summed E-state index contributed by atoms with van der Waals surface area (Å²) in [7, 11) is 0. The Morgan fingerprint density at radius 3 is 2.57 bits per heavy atom. The molecule has 0 aliphatic carbocycles. The van der Waals surface area contributed by atoms with E-state index < -0.39 is 0 Å². The standard InChI is InChI=1S/C22H28N4O4/c1-3-14-29-19-7-4-18(5-8-19)6-9-22(28)26-12-10-25(11-13-26)16-21(27)23-20-15-17(2)30-24-20/h4-9,15H,3,10-14,16H2,1-2H3,(H,23,24,27)/b9-6+. The monoisotopic (exact) mass is 412 g/mol. The normalized spacial score (nSPS) is 14.8. The Hall–Kier alpha value is -3.13. The fraction of sp³-hybridized carbons (Fsp3) is 0.409. The van der Waals surface area contributed by atoms with Crippen molar-refractivity contribution in [3.63, 3.8) is 0 Å². The lowest BCUT2D eigenvalue weighted by Crippen LogP contribution is -2.50. The van der Waals surface area contributed by atoms with Crippen molar-refractivity contribution in [2.45, 2.75) is 20.3 Å². The predicted octanol–water partition coefficient (Wildman–Crippen LogP) is 2.57. The van der Waals surface area contributed by atoms with Gasteiger partial charge in [-0.3, -0.25) is 14.5 Å².